The lowest BCUT2D eigenvalue weighted by Gasteiger charge is -2.09. The lowest BCUT2D eigenvalue weighted by molar-refractivity contribution is 0.287. The van der Waals surface area contributed by atoms with E-state index in [-0.39, 0.29) is 23.8 Å². The van der Waals surface area contributed by atoms with Crippen LogP contribution in [0.25, 0.3) is 0 Å². The van der Waals surface area contributed by atoms with Gasteiger partial charge in [0.15, 0.2) is 11.6 Å². The topological polar surface area (TPSA) is 75.6 Å². The third-order valence-corrected chi connectivity index (χ3v) is 3.70. The zero-order valence-corrected chi connectivity index (χ0v) is 11.5. The summed E-state index contributed by atoms with van der Waals surface area (Å²) < 4.78 is 44.1. The maximum atomic E-state index is 13.5. The van der Waals surface area contributed by atoms with E-state index in [4.69, 9.17) is 9.84 Å². The molecule has 0 atom stereocenters. The summed E-state index contributed by atoms with van der Waals surface area (Å²) in [6.07, 6.45) is 0.768. The van der Waals surface area contributed by atoms with Crippen LogP contribution in [0.4, 0.5) is 10.1 Å². The molecule has 0 aliphatic carbocycles. The fourth-order valence-electron chi connectivity index (χ4n) is 1.47. The summed E-state index contributed by atoms with van der Waals surface area (Å²) in [5, 5.41) is 8.59. The second-order valence-corrected chi connectivity index (χ2v) is 5.77. The van der Waals surface area contributed by atoms with E-state index in [1.54, 1.807) is 6.92 Å². The summed E-state index contributed by atoms with van der Waals surface area (Å²) in [6.45, 7) is 2.02. The number of halogens is 1. The van der Waals surface area contributed by atoms with Gasteiger partial charge in [-0.3, -0.25) is 4.72 Å². The molecule has 0 heterocycles. The average Bonchev–Trinajstić information content (AvgIpc) is 2.32. The molecule has 108 valence electrons. The molecule has 0 spiro atoms. The van der Waals surface area contributed by atoms with Crippen LogP contribution < -0.4 is 9.46 Å². The van der Waals surface area contributed by atoms with Crippen LogP contribution in [-0.2, 0) is 10.0 Å². The summed E-state index contributed by atoms with van der Waals surface area (Å²) in [5.41, 5.74) is 0.157. The third kappa shape index (κ3) is 5.44. The Morgan fingerprint density at radius 1 is 1.37 bits per heavy atom. The molecule has 0 aliphatic heterocycles. The van der Waals surface area contributed by atoms with Crippen LogP contribution in [-0.4, -0.2) is 32.5 Å². The molecular formula is C12H18FNO4S. The lowest BCUT2D eigenvalue weighted by atomic mass is 10.3. The van der Waals surface area contributed by atoms with Crippen molar-refractivity contribution < 1.29 is 22.7 Å². The summed E-state index contributed by atoms with van der Waals surface area (Å²) in [5.74, 6) is -0.634. The highest BCUT2D eigenvalue weighted by Gasteiger charge is 2.12. The molecule has 0 saturated heterocycles. The number of nitrogens with one attached hydrogen (secondary N) is 1. The molecule has 0 aromatic heterocycles. The van der Waals surface area contributed by atoms with Crippen molar-refractivity contribution in [1.29, 1.82) is 0 Å². The Labute approximate surface area is 112 Å². The quantitative estimate of drug-likeness (QED) is 0.715. The Kier molecular flexibility index (Phi) is 6.04. The van der Waals surface area contributed by atoms with Gasteiger partial charge in [0.05, 0.1) is 18.0 Å². The number of hydrogen-bond acceptors (Lipinski definition) is 4. The molecule has 0 bridgehead atoms. The van der Waals surface area contributed by atoms with Crippen molar-refractivity contribution in [2.45, 2.75) is 19.8 Å². The number of benzene rings is 1. The van der Waals surface area contributed by atoms with Gasteiger partial charge in [0.1, 0.15) is 0 Å². The van der Waals surface area contributed by atoms with Gasteiger partial charge in [-0.2, -0.15) is 0 Å². The van der Waals surface area contributed by atoms with Crippen LogP contribution in [0.15, 0.2) is 18.2 Å². The normalized spacial score (nSPS) is 11.3. The molecule has 0 aliphatic rings. The minimum atomic E-state index is -3.52. The summed E-state index contributed by atoms with van der Waals surface area (Å²) in [6, 6.07) is 3.90. The largest absolute Gasteiger partial charge is 0.491 e. The first-order valence-corrected chi connectivity index (χ1v) is 7.67. The van der Waals surface area contributed by atoms with Gasteiger partial charge in [-0.25, -0.2) is 12.8 Å². The zero-order chi connectivity index (χ0) is 14.3. The molecule has 1 aromatic rings. The SMILES string of the molecule is CCOc1ccc(NS(=O)(=O)CCCCO)cc1F. The van der Waals surface area contributed by atoms with Gasteiger partial charge in [0, 0.05) is 12.7 Å². The van der Waals surface area contributed by atoms with Crippen LogP contribution in [0.5, 0.6) is 5.75 Å². The highest BCUT2D eigenvalue weighted by molar-refractivity contribution is 7.92. The summed E-state index contributed by atoms with van der Waals surface area (Å²) in [4.78, 5) is 0. The number of hydrogen-bond donors (Lipinski definition) is 2. The third-order valence-electron chi connectivity index (χ3n) is 2.33. The van der Waals surface area contributed by atoms with Crippen molar-refractivity contribution in [3.05, 3.63) is 24.0 Å². The molecule has 0 unspecified atom stereocenters. The van der Waals surface area contributed by atoms with E-state index in [1.165, 1.54) is 12.1 Å². The van der Waals surface area contributed by atoms with Crippen LogP contribution in [0.3, 0.4) is 0 Å². The monoisotopic (exact) mass is 291 g/mol. The van der Waals surface area contributed by atoms with Crippen molar-refractivity contribution in [1.82, 2.24) is 0 Å². The standard InChI is InChI=1S/C12H18FNO4S/c1-2-18-12-6-5-10(9-11(12)13)14-19(16,17)8-4-3-7-15/h5-6,9,14-15H,2-4,7-8H2,1H3. The van der Waals surface area contributed by atoms with Crippen LogP contribution >= 0.6 is 0 Å². The van der Waals surface area contributed by atoms with Gasteiger partial charge in [-0.1, -0.05) is 0 Å². The second-order valence-electron chi connectivity index (χ2n) is 3.93. The van der Waals surface area contributed by atoms with Crippen LogP contribution in [0.2, 0.25) is 0 Å². The number of rotatable bonds is 8. The Morgan fingerprint density at radius 3 is 2.68 bits per heavy atom. The first kappa shape index (κ1) is 15.7. The second kappa shape index (κ2) is 7.30. The maximum Gasteiger partial charge on any atom is 0.232 e. The van der Waals surface area contributed by atoms with E-state index in [2.05, 4.69) is 4.72 Å². The molecular weight excluding hydrogens is 273 g/mol. The molecule has 5 nitrogen and oxygen atoms in total. The average molecular weight is 291 g/mol. The van der Waals surface area contributed by atoms with E-state index < -0.39 is 15.8 Å². The maximum absolute atomic E-state index is 13.5. The van der Waals surface area contributed by atoms with Gasteiger partial charge in [-0.15, -0.1) is 0 Å². The molecule has 19 heavy (non-hydrogen) atoms. The fraction of sp³-hybridized carbons (Fsp3) is 0.500. The van der Waals surface area contributed by atoms with Gasteiger partial charge >= 0.3 is 0 Å². The molecule has 2 N–H and O–H groups in total. The lowest BCUT2D eigenvalue weighted by Crippen LogP contribution is -2.17. The van der Waals surface area contributed by atoms with Crippen molar-refractivity contribution >= 4 is 15.7 Å². The smallest absolute Gasteiger partial charge is 0.232 e. The van der Waals surface area contributed by atoms with Gasteiger partial charge in [0.25, 0.3) is 0 Å². The van der Waals surface area contributed by atoms with E-state index in [0.29, 0.717) is 19.4 Å². The Balaban J connectivity index is 2.69. The number of aliphatic hydroxyl groups excluding tert-OH is 1. The number of ether oxygens (including phenoxy) is 1. The van der Waals surface area contributed by atoms with Gasteiger partial charge in [-0.05, 0) is 31.9 Å². The van der Waals surface area contributed by atoms with Crippen LogP contribution in [0.1, 0.15) is 19.8 Å². The predicted octanol–water partition coefficient (Wildman–Crippen LogP) is 1.74. The van der Waals surface area contributed by atoms with Crippen molar-refractivity contribution in [3.63, 3.8) is 0 Å². The zero-order valence-electron chi connectivity index (χ0n) is 10.7. The number of aliphatic hydroxyl groups is 1. The molecule has 0 saturated carbocycles. The minimum Gasteiger partial charge on any atom is -0.491 e. The van der Waals surface area contributed by atoms with Crippen molar-refractivity contribution in [3.8, 4) is 5.75 Å². The molecule has 7 heteroatoms. The Morgan fingerprint density at radius 2 is 2.11 bits per heavy atom. The molecule has 0 amide bonds. The van der Waals surface area contributed by atoms with E-state index in [0.717, 1.165) is 6.07 Å². The van der Waals surface area contributed by atoms with Crippen LogP contribution in [0, 0.1) is 5.82 Å². The molecule has 0 fully saturated rings. The molecule has 0 radical (unpaired) electrons. The van der Waals surface area contributed by atoms with Gasteiger partial charge in [0.2, 0.25) is 10.0 Å². The predicted molar refractivity (Wildman–Crippen MR) is 71.3 cm³/mol. The summed E-state index contributed by atoms with van der Waals surface area (Å²) in [7, 11) is -3.52. The van der Waals surface area contributed by atoms with E-state index >= 15 is 0 Å². The highest BCUT2D eigenvalue weighted by atomic mass is 32.2. The van der Waals surface area contributed by atoms with Gasteiger partial charge < -0.3 is 9.84 Å². The Hall–Kier alpha value is -1.34. The molecule has 1 rings (SSSR count). The minimum absolute atomic E-state index is 0.0484. The first-order chi connectivity index (χ1) is 8.98. The highest BCUT2D eigenvalue weighted by Crippen LogP contribution is 2.21. The Bertz CT molecular complexity index is 504. The van der Waals surface area contributed by atoms with E-state index in [9.17, 15) is 12.8 Å². The number of unbranched alkanes of at least 4 members (excludes halogenated alkanes) is 1. The van der Waals surface area contributed by atoms with E-state index in [1.807, 2.05) is 0 Å². The first-order valence-electron chi connectivity index (χ1n) is 6.02. The summed E-state index contributed by atoms with van der Waals surface area (Å²) >= 11 is 0. The molecule has 1 aromatic carbocycles. The number of anilines is 1. The van der Waals surface area contributed by atoms with Crippen molar-refractivity contribution in [2.75, 3.05) is 23.7 Å². The van der Waals surface area contributed by atoms with Crippen molar-refractivity contribution in [2.24, 2.45) is 0 Å². The fourth-order valence-corrected chi connectivity index (χ4v) is 2.64. The number of sulfonamides is 1.